The number of nitrogens with zero attached hydrogens (tertiary/aromatic N) is 2. The Morgan fingerprint density at radius 1 is 1.26 bits per heavy atom. The van der Waals surface area contributed by atoms with Gasteiger partial charge in [-0.25, -0.2) is 0 Å². The number of carbonyl (C=O) groups is 1. The largest absolute Gasteiger partial charge is 0.354 e. The van der Waals surface area contributed by atoms with Crippen molar-refractivity contribution in [2.75, 3.05) is 6.54 Å². The summed E-state index contributed by atoms with van der Waals surface area (Å²) in [5.74, 6) is 1.71. The molecule has 0 atom stereocenters. The Morgan fingerprint density at radius 2 is 1.84 bits per heavy atom. The van der Waals surface area contributed by atoms with E-state index in [4.69, 9.17) is 0 Å². The van der Waals surface area contributed by atoms with Crippen LogP contribution in [-0.4, -0.2) is 22.2 Å². The van der Waals surface area contributed by atoms with Crippen LogP contribution in [-0.2, 0) is 11.3 Å². The lowest BCUT2D eigenvalue weighted by molar-refractivity contribution is -0.122. The number of carbonyl (C=O) groups excluding carboxylic acids is 1. The van der Waals surface area contributed by atoms with Gasteiger partial charge in [0.25, 0.3) is 0 Å². The summed E-state index contributed by atoms with van der Waals surface area (Å²) in [6.45, 7) is 13.8. The number of hydrogen-bond acceptors (Lipinski definition) is 2. The van der Waals surface area contributed by atoms with E-state index < -0.39 is 0 Å². The lowest BCUT2D eigenvalue weighted by Gasteiger charge is -2.25. The van der Waals surface area contributed by atoms with Crippen molar-refractivity contribution in [2.45, 2.75) is 48.1 Å². The van der Waals surface area contributed by atoms with E-state index in [0.29, 0.717) is 24.3 Å². The Labute approximate surface area is 116 Å². The van der Waals surface area contributed by atoms with Gasteiger partial charge in [-0.05, 0) is 37.7 Å². The first-order valence-corrected chi connectivity index (χ1v) is 7.09. The van der Waals surface area contributed by atoms with Gasteiger partial charge in [-0.1, -0.05) is 27.7 Å². The molecule has 0 spiro atoms. The fraction of sp³-hybridized carbons (Fsp3) is 0.733. The van der Waals surface area contributed by atoms with Gasteiger partial charge in [0, 0.05) is 12.2 Å². The Bertz CT molecular complexity index is 413. The summed E-state index contributed by atoms with van der Waals surface area (Å²) in [6, 6.07) is 1.98. The van der Waals surface area contributed by atoms with Gasteiger partial charge >= 0.3 is 0 Å². The maximum atomic E-state index is 12.0. The molecule has 0 aliphatic rings. The zero-order chi connectivity index (χ0) is 14.6. The smallest absolute Gasteiger partial charge is 0.241 e. The Morgan fingerprint density at radius 3 is 2.26 bits per heavy atom. The minimum atomic E-state index is 0.0394. The molecule has 1 rings (SSSR count). The summed E-state index contributed by atoms with van der Waals surface area (Å²) in [5, 5.41) is 7.33. The molecule has 0 bridgehead atoms. The lowest BCUT2D eigenvalue weighted by atomic mass is 9.85. The molecule has 0 radical (unpaired) electrons. The van der Waals surface area contributed by atoms with E-state index >= 15 is 0 Å². The SMILES string of the molecule is Cc1cc(C)n(CC(=O)NCC(C(C)C)C(C)C)n1. The van der Waals surface area contributed by atoms with Gasteiger partial charge in [0.1, 0.15) is 6.54 Å². The summed E-state index contributed by atoms with van der Waals surface area (Å²) in [6.07, 6.45) is 0. The molecule has 0 aromatic carbocycles. The van der Waals surface area contributed by atoms with E-state index in [0.717, 1.165) is 17.9 Å². The highest BCUT2D eigenvalue weighted by atomic mass is 16.2. The van der Waals surface area contributed by atoms with Crippen LogP contribution in [0.3, 0.4) is 0 Å². The van der Waals surface area contributed by atoms with Crippen molar-refractivity contribution >= 4 is 5.91 Å². The van der Waals surface area contributed by atoms with Gasteiger partial charge in [-0.3, -0.25) is 9.48 Å². The monoisotopic (exact) mass is 265 g/mol. The van der Waals surface area contributed by atoms with Crippen molar-refractivity contribution in [2.24, 2.45) is 17.8 Å². The molecule has 1 amide bonds. The van der Waals surface area contributed by atoms with E-state index in [1.807, 2.05) is 19.9 Å². The molecule has 1 heterocycles. The van der Waals surface area contributed by atoms with Crippen LogP contribution in [0.4, 0.5) is 0 Å². The van der Waals surface area contributed by atoms with Gasteiger partial charge in [-0.15, -0.1) is 0 Å². The molecule has 0 saturated carbocycles. The van der Waals surface area contributed by atoms with Crippen LogP contribution in [0.2, 0.25) is 0 Å². The van der Waals surface area contributed by atoms with Gasteiger partial charge in [0.05, 0.1) is 5.69 Å². The maximum absolute atomic E-state index is 12.0. The highest BCUT2D eigenvalue weighted by Gasteiger charge is 2.18. The van der Waals surface area contributed by atoms with Crippen LogP contribution < -0.4 is 5.32 Å². The fourth-order valence-corrected chi connectivity index (χ4v) is 2.50. The summed E-state index contributed by atoms with van der Waals surface area (Å²) in [4.78, 5) is 12.0. The molecular weight excluding hydrogens is 238 g/mol. The molecule has 4 heteroatoms. The molecule has 19 heavy (non-hydrogen) atoms. The maximum Gasteiger partial charge on any atom is 0.241 e. The predicted octanol–water partition coefficient (Wildman–Crippen LogP) is 2.54. The van der Waals surface area contributed by atoms with Crippen LogP contribution in [0.1, 0.15) is 39.1 Å². The van der Waals surface area contributed by atoms with Gasteiger partial charge in [0.15, 0.2) is 0 Å². The summed E-state index contributed by atoms with van der Waals surface area (Å²) in [5.41, 5.74) is 1.98. The second kappa shape index (κ2) is 6.73. The first-order chi connectivity index (χ1) is 8.81. The summed E-state index contributed by atoms with van der Waals surface area (Å²) >= 11 is 0. The molecule has 0 fully saturated rings. The average Bonchev–Trinajstić information content (AvgIpc) is 2.56. The van der Waals surface area contributed by atoms with E-state index in [-0.39, 0.29) is 5.91 Å². The summed E-state index contributed by atoms with van der Waals surface area (Å²) in [7, 11) is 0. The quantitative estimate of drug-likeness (QED) is 0.859. The third kappa shape index (κ3) is 4.69. The minimum Gasteiger partial charge on any atom is -0.354 e. The standard InChI is InChI=1S/C15H27N3O/c1-10(2)14(11(3)4)8-16-15(19)9-18-13(6)7-12(5)17-18/h7,10-11,14H,8-9H2,1-6H3,(H,16,19). The second-order valence-electron chi connectivity index (χ2n) is 6.04. The lowest BCUT2D eigenvalue weighted by Crippen LogP contribution is -2.36. The third-order valence-electron chi connectivity index (χ3n) is 3.64. The molecule has 108 valence electrons. The molecule has 0 aliphatic carbocycles. The van der Waals surface area contributed by atoms with Gasteiger partial charge in [-0.2, -0.15) is 5.10 Å². The molecule has 1 aromatic rings. The Kier molecular flexibility index (Phi) is 5.58. The van der Waals surface area contributed by atoms with Crippen LogP contribution in [0.25, 0.3) is 0 Å². The van der Waals surface area contributed by atoms with Crippen LogP contribution in [0.5, 0.6) is 0 Å². The van der Waals surface area contributed by atoms with Gasteiger partial charge in [0.2, 0.25) is 5.91 Å². The molecule has 4 nitrogen and oxygen atoms in total. The molecule has 0 unspecified atom stereocenters. The molecular formula is C15H27N3O. The topological polar surface area (TPSA) is 46.9 Å². The average molecular weight is 265 g/mol. The number of aromatic nitrogens is 2. The van der Waals surface area contributed by atoms with Crippen molar-refractivity contribution in [1.82, 2.24) is 15.1 Å². The van der Waals surface area contributed by atoms with Gasteiger partial charge < -0.3 is 5.32 Å². The zero-order valence-electron chi connectivity index (χ0n) is 13.0. The van der Waals surface area contributed by atoms with E-state index in [9.17, 15) is 4.79 Å². The Hall–Kier alpha value is -1.32. The molecule has 1 aromatic heterocycles. The first-order valence-electron chi connectivity index (χ1n) is 7.09. The van der Waals surface area contributed by atoms with Crippen LogP contribution in [0.15, 0.2) is 6.07 Å². The predicted molar refractivity (Wildman–Crippen MR) is 77.9 cm³/mol. The van der Waals surface area contributed by atoms with E-state index in [2.05, 4.69) is 38.1 Å². The van der Waals surface area contributed by atoms with Crippen molar-refractivity contribution < 1.29 is 4.79 Å². The number of hydrogen-bond donors (Lipinski definition) is 1. The first kappa shape index (κ1) is 15.7. The van der Waals surface area contributed by atoms with Crippen molar-refractivity contribution in [3.05, 3.63) is 17.5 Å². The number of aryl methyl sites for hydroxylation is 2. The summed E-state index contributed by atoms with van der Waals surface area (Å²) < 4.78 is 1.75. The molecule has 1 N–H and O–H groups in total. The molecule has 0 saturated heterocycles. The third-order valence-corrected chi connectivity index (χ3v) is 3.64. The normalized spacial score (nSPS) is 11.6. The number of rotatable bonds is 6. The van der Waals surface area contributed by atoms with E-state index in [1.165, 1.54) is 0 Å². The van der Waals surface area contributed by atoms with Crippen LogP contribution >= 0.6 is 0 Å². The number of amides is 1. The van der Waals surface area contributed by atoms with Crippen LogP contribution in [0, 0.1) is 31.6 Å². The fourth-order valence-electron chi connectivity index (χ4n) is 2.50. The van der Waals surface area contributed by atoms with Crippen molar-refractivity contribution in [3.63, 3.8) is 0 Å². The van der Waals surface area contributed by atoms with Crippen molar-refractivity contribution in [3.8, 4) is 0 Å². The highest BCUT2D eigenvalue weighted by molar-refractivity contribution is 5.75. The second-order valence-corrected chi connectivity index (χ2v) is 6.04. The highest BCUT2D eigenvalue weighted by Crippen LogP contribution is 2.19. The molecule has 0 aliphatic heterocycles. The Balaban J connectivity index is 2.50. The zero-order valence-corrected chi connectivity index (χ0v) is 13.0. The minimum absolute atomic E-state index is 0.0394. The van der Waals surface area contributed by atoms with Crippen molar-refractivity contribution in [1.29, 1.82) is 0 Å². The number of nitrogens with one attached hydrogen (secondary N) is 1. The van der Waals surface area contributed by atoms with E-state index in [1.54, 1.807) is 4.68 Å².